The first-order valence-electron chi connectivity index (χ1n) is 5.94. The molecule has 0 bridgehead atoms. The molecule has 1 heterocycles. The summed E-state index contributed by atoms with van der Waals surface area (Å²) < 4.78 is 0. The molecule has 1 fully saturated rings. The SMILES string of the molecule is CC.CN1CCCC1C1=CC=CCC1. The van der Waals surface area contributed by atoms with Gasteiger partial charge in [0.15, 0.2) is 0 Å². The molecule has 0 amide bonds. The van der Waals surface area contributed by atoms with E-state index in [1.54, 1.807) is 5.57 Å². The highest BCUT2D eigenvalue weighted by molar-refractivity contribution is 5.23. The molecule has 80 valence electrons. The number of likely N-dealkylation sites (tertiary alicyclic amines) is 1. The van der Waals surface area contributed by atoms with Crippen molar-refractivity contribution in [1.29, 1.82) is 0 Å². The number of hydrogen-bond donors (Lipinski definition) is 0. The molecule has 1 atom stereocenters. The van der Waals surface area contributed by atoms with Crippen LogP contribution in [0.4, 0.5) is 0 Å². The Labute approximate surface area is 88.5 Å². The van der Waals surface area contributed by atoms with Crippen molar-refractivity contribution < 1.29 is 0 Å². The minimum Gasteiger partial charge on any atom is -0.300 e. The molecule has 0 aromatic heterocycles. The van der Waals surface area contributed by atoms with Crippen LogP contribution in [0.2, 0.25) is 0 Å². The highest BCUT2D eigenvalue weighted by Crippen LogP contribution is 2.26. The fourth-order valence-electron chi connectivity index (χ4n) is 2.28. The molecule has 2 rings (SSSR count). The third-order valence-electron chi connectivity index (χ3n) is 2.99. The standard InChI is InChI=1S/C11H17N.C2H6/c1-12-9-5-8-11(12)10-6-3-2-4-7-10;1-2/h2-3,6,11H,4-5,7-9H2,1H3;1-2H3. The molecule has 1 aliphatic heterocycles. The predicted molar refractivity (Wildman–Crippen MR) is 63.5 cm³/mol. The molecule has 0 aromatic rings. The van der Waals surface area contributed by atoms with Crippen molar-refractivity contribution in [3.8, 4) is 0 Å². The molecule has 0 N–H and O–H groups in total. The lowest BCUT2D eigenvalue weighted by Gasteiger charge is -2.23. The minimum atomic E-state index is 0.759. The lowest BCUT2D eigenvalue weighted by atomic mass is 9.96. The molecule has 0 saturated carbocycles. The average Bonchev–Trinajstić information content (AvgIpc) is 2.69. The van der Waals surface area contributed by atoms with E-state index in [4.69, 9.17) is 0 Å². The van der Waals surface area contributed by atoms with Gasteiger partial charge in [-0.05, 0) is 39.3 Å². The summed E-state index contributed by atoms with van der Waals surface area (Å²) in [7, 11) is 2.25. The Bertz CT molecular complexity index is 215. The lowest BCUT2D eigenvalue weighted by Crippen LogP contribution is -2.27. The van der Waals surface area contributed by atoms with E-state index in [1.807, 2.05) is 13.8 Å². The van der Waals surface area contributed by atoms with E-state index < -0.39 is 0 Å². The van der Waals surface area contributed by atoms with Crippen LogP contribution < -0.4 is 0 Å². The minimum absolute atomic E-state index is 0.759. The fourth-order valence-corrected chi connectivity index (χ4v) is 2.28. The maximum Gasteiger partial charge on any atom is 0.0308 e. The van der Waals surface area contributed by atoms with Gasteiger partial charge in [0.1, 0.15) is 0 Å². The van der Waals surface area contributed by atoms with Gasteiger partial charge >= 0.3 is 0 Å². The number of likely N-dealkylation sites (N-methyl/N-ethyl adjacent to an activating group) is 1. The second-order valence-corrected chi connectivity index (χ2v) is 3.85. The monoisotopic (exact) mass is 193 g/mol. The Morgan fingerprint density at radius 1 is 1.36 bits per heavy atom. The summed E-state index contributed by atoms with van der Waals surface area (Å²) in [6, 6.07) is 0.759. The number of rotatable bonds is 1. The van der Waals surface area contributed by atoms with Gasteiger partial charge in [-0.2, -0.15) is 0 Å². The van der Waals surface area contributed by atoms with Crippen molar-refractivity contribution in [2.24, 2.45) is 0 Å². The normalized spacial score (nSPS) is 26.8. The first-order valence-corrected chi connectivity index (χ1v) is 5.94. The molecule has 14 heavy (non-hydrogen) atoms. The van der Waals surface area contributed by atoms with Crippen LogP contribution in [0.15, 0.2) is 23.8 Å². The first-order chi connectivity index (χ1) is 6.88. The van der Waals surface area contributed by atoms with E-state index in [-0.39, 0.29) is 0 Å². The Kier molecular flexibility index (Phi) is 4.95. The molecular weight excluding hydrogens is 170 g/mol. The van der Waals surface area contributed by atoms with E-state index in [2.05, 4.69) is 30.2 Å². The maximum atomic E-state index is 2.49. The number of allylic oxidation sites excluding steroid dienone is 3. The number of hydrogen-bond acceptors (Lipinski definition) is 1. The second-order valence-electron chi connectivity index (χ2n) is 3.85. The molecule has 0 radical (unpaired) electrons. The van der Waals surface area contributed by atoms with Crippen molar-refractivity contribution in [3.63, 3.8) is 0 Å². The highest BCUT2D eigenvalue weighted by Gasteiger charge is 2.23. The molecule has 1 aliphatic carbocycles. The topological polar surface area (TPSA) is 3.24 Å². The van der Waals surface area contributed by atoms with Gasteiger partial charge in [0.05, 0.1) is 0 Å². The van der Waals surface area contributed by atoms with Crippen molar-refractivity contribution >= 4 is 0 Å². The molecule has 1 heteroatoms. The zero-order chi connectivity index (χ0) is 10.4. The Balaban J connectivity index is 0.000000461. The zero-order valence-electron chi connectivity index (χ0n) is 9.79. The predicted octanol–water partition coefficient (Wildman–Crippen LogP) is 3.38. The van der Waals surface area contributed by atoms with Gasteiger partial charge in [0.2, 0.25) is 0 Å². The van der Waals surface area contributed by atoms with Gasteiger partial charge in [-0.1, -0.05) is 37.6 Å². The first kappa shape index (κ1) is 11.5. The van der Waals surface area contributed by atoms with Crippen LogP contribution in [0.25, 0.3) is 0 Å². The van der Waals surface area contributed by atoms with Crippen LogP contribution in [0.3, 0.4) is 0 Å². The third kappa shape index (κ3) is 2.71. The van der Waals surface area contributed by atoms with E-state index >= 15 is 0 Å². The van der Waals surface area contributed by atoms with Gasteiger partial charge < -0.3 is 0 Å². The van der Waals surface area contributed by atoms with Gasteiger partial charge in [-0.15, -0.1) is 0 Å². The molecular formula is C13H23N. The molecule has 1 unspecified atom stereocenters. The van der Waals surface area contributed by atoms with E-state index in [9.17, 15) is 0 Å². The van der Waals surface area contributed by atoms with Gasteiger partial charge in [-0.25, -0.2) is 0 Å². The number of nitrogens with zero attached hydrogens (tertiary/aromatic N) is 1. The van der Waals surface area contributed by atoms with Crippen molar-refractivity contribution in [2.75, 3.05) is 13.6 Å². The Morgan fingerprint density at radius 2 is 2.14 bits per heavy atom. The summed E-state index contributed by atoms with van der Waals surface area (Å²) in [5.41, 5.74) is 1.65. The molecule has 0 aromatic carbocycles. The zero-order valence-corrected chi connectivity index (χ0v) is 9.79. The molecule has 0 spiro atoms. The summed E-state index contributed by atoms with van der Waals surface area (Å²) in [6.45, 7) is 5.28. The molecule has 1 nitrogen and oxygen atoms in total. The van der Waals surface area contributed by atoms with Gasteiger partial charge in [0.25, 0.3) is 0 Å². The Morgan fingerprint density at radius 3 is 2.64 bits per heavy atom. The Hall–Kier alpha value is -0.560. The van der Waals surface area contributed by atoms with Gasteiger partial charge in [-0.3, -0.25) is 4.90 Å². The van der Waals surface area contributed by atoms with Crippen molar-refractivity contribution in [1.82, 2.24) is 4.90 Å². The van der Waals surface area contributed by atoms with Gasteiger partial charge in [0, 0.05) is 6.04 Å². The smallest absolute Gasteiger partial charge is 0.0308 e. The second kappa shape index (κ2) is 6.02. The lowest BCUT2D eigenvalue weighted by molar-refractivity contribution is 0.339. The van der Waals surface area contributed by atoms with Crippen LogP contribution >= 0.6 is 0 Å². The quantitative estimate of drug-likeness (QED) is 0.617. The largest absolute Gasteiger partial charge is 0.300 e. The summed E-state index contributed by atoms with van der Waals surface area (Å²) in [5.74, 6) is 0. The maximum absolute atomic E-state index is 2.49. The van der Waals surface area contributed by atoms with Crippen LogP contribution in [0.5, 0.6) is 0 Å². The molecule has 1 saturated heterocycles. The van der Waals surface area contributed by atoms with Crippen LogP contribution in [0, 0.1) is 0 Å². The van der Waals surface area contributed by atoms with Crippen LogP contribution in [-0.4, -0.2) is 24.5 Å². The van der Waals surface area contributed by atoms with E-state index in [1.165, 1.54) is 32.2 Å². The summed E-state index contributed by atoms with van der Waals surface area (Å²) in [4.78, 5) is 2.49. The summed E-state index contributed by atoms with van der Waals surface area (Å²) in [5, 5.41) is 0. The summed E-state index contributed by atoms with van der Waals surface area (Å²) in [6.07, 6.45) is 12.1. The average molecular weight is 193 g/mol. The highest BCUT2D eigenvalue weighted by atomic mass is 15.1. The van der Waals surface area contributed by atoms with Crippen LogP contribution in [-0.2, 0) is 0 Å². The van der Waals surface area contributed by atoms with Crippen LogP contribution in [0.1, 0.15) is 39.5 Å². The van der Waals surface area contributed by atoms with Crippen molar-refractivity contribution in [3.05, 3.63) is 23.8 Å². The third-order valence-corrected chi connectivity index (χ3v) is 2.99. The summed E-state index contributed by atoms with van der Waals surface area (Å²) >= 11 is 0. The van der Waals surface area contributed by atoms with E-state index in [0.717, 1.165) is 6.04 Å². The molecule has 2 aliphatic rings. The van der Waals surface area contributed by atoms with Crippen molar-refractivity contribution in [2.45, 2.75) is 45.6 Å². The van der Waals surface area contributed by atoms with E-state index in [0.29, 0.717) is 0 Å². The fraction of sp³-hybridized carbons (Fsp3) is 0.692.